The first kappa shape index (κ1) is 14.2. The molecule has 0 unspecified atom stereocenters. The third-order valence-corrected chi connectivity index (χ3v) is 3.02. The molecule has 1 amide bonds. The van der Waals surface area contributed by atoms with Gasteiger partial charge >= 0.3 is 0 Å². The van der Waals surface area contributed by atoms with Crippen molar-refractivity contribution in [3.05, 3.63) is 64.7 Å². The zero-order valence-corrected chi connectivity index (χ0v) is 11.7. The number of nitrogens with one attached hydrogen (secondary N) is 1. The number of phenols is 1. The van der Waals surface area contributed by atoms with E-state index in [0.29, 0.717) is 10.7 Å². The average molecular weight is 288 g/mol. The molecule has 0 bridgehead atoms. The summed E-state index contributed by atoms with van der Waals surface area (Å²) in [7, 11) is 0. The molecule has 2 aromatic rings. The van der Waals surface area contributed by atoms with Crippen molar-refractivity contribution in [1.29, 1.82) is 0 Å². The van der Waals surface area contributed by atoms with E-state index < -0.39 is 0 Å². The Hall–Kier alpha value is -2.26. The molecule has 2 aromatic carbocycles. The van der Waals surface area contributed by atoms with Crippen molar-refractivity contribution in [1.82, 2.24) is 0 Å². The maximum Gasteiger partial charge on any atom is 0.248 e. The summed E-state index contributed by atoms with van der Waals surface area (Å²) in [6, 6.07) is 12.0. The number of anilines is 1. The minimum Gasteiger partial charge on any atom is -0.508 e. The second-order valence-corrected chi connectivity index (χ2v) is 4.81. The van der Waals surface area contributed by atoms with Gasteiger partial charge in [0.2, 0.25) is 5.91 Å². The Labute approximate surface area is 122 Å². The first-order valence-electron chi connectivity index (χ1n) is 6.09. The van der Waals surface area contributed by atoms with Gasteiger partial charge in [0.05, 0.1) is 0 Å². The van der Waals surface area contributed by atoms with E-state index in [2.05, 4.69) is 5.32 Å². The molecule has 0 heterocycles. The highest BCUT2D eigenvalue weighted by atomic mass is 35.5. The van der Waals surface area contributed by atoms with Crippen LogP contribution in [0.3, 0.4) is 0 Å². The van der Waals surface area contributed by atoms with Crippen molar-refractivity contribution in [2.75, 3.05) is 5.32 Å². The number of hydrogen-bond donors (Lipinski definition) is 2. The van der Waals surface area contributed by atoms with Crippen LogP contribution in [0.15, 0.2) is 48.5 Å². The van der Waals surface area contributed by atoms with Crippen LogP contribution in [0.4, 0.5) is 5.69 Å². The number of aromatic hydroxyl groups is 1. The second-order valence-electron chi connectivity index (χ2n) is 4.37. The predicted molar refractivity (Wildman–Crippen MR) is 82.0 cm³/mol. The predicted octanol–water partition coefficient (Wildman–Crippen LogP) is 4.01. The fourth-order valence-corrected chi connectivity index (χ4v) is 1.83. The number of amides is 1. The van der Waals surface area contributed by atoms with Gasteiger partial charge in [-0.15, -0.1) is 0 Å². The van der Waals surface area contributed by atoms with Crippen LogP contribution in [-0.4, -0.2) is 11.0 Å². The Morgan fingerprint density at radius 1 is 1.20 bits per heavy atom. The fraction of sp³-hybridized carbons (Fsp3) is 0.0625. The van der Waals surface area contributed by atoms with Crippen LogP contribution in [-0.2, 0) is 4.79 Å². The summed E-state index contributed by atoms with van der Waals surface area (Å²) >= 11 is 5.79. The van der Waals surface area contributed by atoms with Crippen molar-refractivity contribution in [2.24, 2.45) is 0 Å². The SMILES string of the molecule is Cc1cc(O)ccc1NC(=O)/C=C/c1ccc(Cl)cc1. The number of aryl methyl sites for hydroxylation is 1. The normalized spacial score (nSPS) is 10.7. The lowest BCUT2D eigenvalue weighted by molar-refractivity contribution is -0.111. The number of hydrogen-bond acceptors (Lipinski definition) is 2. The Balaban J connectivity index is 2.03. The zero-order valence-electron chi connectivity index (χ0n) is 10.9. The Kier molecular flexibility index (Phi) is 4.43. The van der Waals surface area contributed by atoms with Crippen molar-refractivity contribution >= 4 is 29.3 Å². The third-order valence-electron chi connectivity index (χ3n) is 2.77. The van der Waals surface area contributed by atoms with E-state index in [1.165, 1.54) is 12.1 Å². The molecule has 4 heteroatoms. The molecular formula is C16H14ClNO2. The van der Waals surface area contributed by atoms with Crippen LogP contribution in [0.5, 0.6) is 5.75 Å². The van der Waals surface area contributed by atoms with Gasteiger partial charge < -0.3 is 10.4 Å². The smallest absolute Gasteiger partial charge is 0.248 e. The Bertz CT molecular complexity index is 648. The van der Waals surface area contributed by atoms with Crippen LogP contribution < -0.4 is 5.32 Å². The lowest BCUT2D eigenvalue weighted by atomic mass is 10.2. The van der Waals surface area contributed by atoms with Gasteiger partial charge in [0, 0.05) is 16.8 Å². The molecule has 0 aliphatic carbocycles. The van der Waals surface area contributed by atoms with Gasteiger partial charge in [-0.3, -0.25) is 4.79 Å². The van der Waals surface area contributed by atoms with Crippen LogP contribution in [0.1, 0.15) is 11.1 Å². The Morgan fingerprint density at radius 3 is 2.55 bits per heavy atom. The maximum atomic E-state index is 11.8. The quantitative estimate of drug-likeness (QED) is 0.662. The average Bonchev–Trinajstić information content (AvgIpc) is 2.41. The van der Waals surface area contributed by atoms with E-state index in [1.807, 2.05) is 19.1 Å². The topological polar surface area (TPSA) is 49.3 Å². The lowest BCUT2D eigenvalue weighted by Crippen LogP contribution is -2.08. The molecule has 0 radical (unpaired) electrons. The molecule has 0 saturated carbocycles. The molecule has 0 aliphatic heterocycles. The minimum absolute atomic E-state index is 0.178. The van der Waals surface area contributed by atoms with Gasteiger partial charge in [0.25, 0.3) is 0 Å². The molecule has 0 saturated heterocycles. The van der Waals surface area contributed by atoms with Crippen LogP contribution in [0.25, 0.3) is 6.08 Å². The van der Waals surface area contributed by atoms with E-state index in [0.717, 1.165) is 11.1 Å². The molecular weight excluding hydrogens is 274 g/mol. The number of halogens is 1. The molecule has 0 fully saturated rings. The number of benzene rings is 2. The molecule has 2 rings (SSSR count). The fourth-order valence-electron chi connectivity index (χ4n) is 1.71. The molecule has 0 aromatic heterocycles. The maximum absolute atomic E-state index is 11.8. The van der Waals surface area contributed by atoms with E-state index >= 15 is 0 Å². The van der Waals surface area contributed by atoms with E-state index in [9.17, 15) is 9.90 Å². The molecule has 0 aliphatic rings. The van der Waals surface area contributed by atoms with E-state index in [4.69, 9.17) is 11.6 Å². The summed E-state index contributed by atoms with van der Waals surface area (Å²) in [4.78, 5) is 11.8. The van der Waals surface area contributed by atoms with Crippen LogP contribution in [0, 0.1) is 6.92 Å². The van der Waals surface area contributed by atoms with Gasteiger partial charge in [-0.05, 0) is 54.5 Å². The summed E-state index contributed by atoms with van der Waals surface area (Å²) in [5.41, 5.74) is 2.37. The summed E-state index contributed by atoms with van der Waals surface area (Å²) < 4.78 is 0. The first-order valence-corrected chi connectivity index (χ1v) is 6.46. The molecule has 0 atom stereocenters. The largest absolute Gasteiger partial charge is 0.508 e. The summed E-state index contributed by atoms with van der Waals surface area (Å²) in [5, 5.41) is 12.7. The van der Waals surface area contributed by atoms with Gasteiger partial charge in [-0.25, -0.2) is 0 Å². The molecule has 2 N–H and O–H groups in total. The van der Waals surface area contributed by atoms with Gasteiger partial charge in [0.1, 0.15) is 5.75 Å². The molecule has 20 heavy (non-hydrogen) atoms. The second kappa shape index (κ2) is 6.26. The van der Waals surface area contributed by atoms with Gasteiger partial charge in [-0.2, -0.15) is 0 Å². The summed E-state index contributed by atoms with van der Waals surface area (Å²) in [6.07, 6.45) is 3.16. The van der Waals surface area contributed by atoms with E-state index in [-0.39, 0.29) is 11.7 Å². The standard InChI is InChI=1S/C16H14ClNO2/c1-11-10-14(19)7-8-15(11)18-16(20)9-4-12-2-5-13(17)6-3-12/h2-10,19H,1H3,(H,18,20)/b9-4+. The first-order chi connectivity index (χ1) is 9.54. The highest BCUT2D eigenvalue weighted by Crippen LogP contribution is 2.20. The van der Waals surface area contributed by atoms with Crippen LogP contribution >= 0.6 is 11.6 Å². The lowest BCUT2D eigenvalue weighted by Gasteiger charge is -2.06. The highest BCUT2D eigenvalue weighted by molar-refractivity contribution is 6.30. The number of phenolic OH excluding ortho intramolecular Hbond substituents is 1. The van der Waals surface area contributed by atoms with Crippen molar-refractivity contribution in [3.63, 3.8) is 0 Å². The van der Waals surface area contributed by atoms with Gasteiger partial charge in [-0.1, -0.05) is 23.7 Å². The summed E-state index contributed by atoms with van der Waals surface area (Å²) in [6.45, 7) is 1.82. The molecule has 0 spiro atoms. The van der Waals surface area contributed by atoms with Crippen LogP contribution in [0.2, 0.25) is 5.02 Å². The zero-order chi connectivity index (χ0) is 14.5. The number of carbonyl (C=O) groups is 1. The third kappa shape index (κ3) is 3.87. The highest BCUT2D eigenvalue weighted by Gasteiger charge is 2.02. The van der Waals surface area contributed by atoms with E-state index in [1.54, 1.807) is 30.3 Å². The molecule has 3 nitrogen and oxygen atoms in total. The number of carbonyl (C=O) groups excluding carboxylic acids is 1. The Morgan fingerprint density at radius 2 is 1.90 bits per heavy atom. The molecule has 102 valence electrons. The summed E-state index contributed by atoms with van der Waals surface area (Å²) in [5.74, 6) is -0.0501. The minimum atomic E-state index is -0.228. The van der Waals surface area contributed by atoms with Crippen molar-refractivity contribution in [3.8, 4) is 5.75 Å². The van der Waals surface area contributed by atoms with Crippen molar-refractivity contribution in [2.45, 2.75) is 6.92 Å². The monoisotopic (exact) mass is 287 g/mol. The van der Waals surface area contributed by atoms with Crippen molar-refractivity contribution < 1.29 is 9.90 Å². The number of rotatable bonds is 3. The van der Waals surface area contributed by atoms with Gasteiger partial charge in [0.15, 0.2) is 0 Å².